The van der Waals surface area contributed by atoms with Crippen LogP contribution < -0.4 is 5.32 Å². The highest BCUT2D eigenvalue weighted by molar-refractivity contribution is 6.14. The van der Waals surface area contributed by atoms with Crippen molar-refractivity contribution in [2.75, 3.05) is 11.9 Å². The van der Waals surface area contributed by atoms with Gasteiger partial charge in [-0.2, -0.15) is 0 Å². The summed E-state index contributed by atoms with van der Waals surface area (Å²) in [6.45, 7) is 16.2. The first-order valence-corrected chi connectivity index (χ1v) is 11.8. The minimum absolute atomic E-state index is 0.0120. The van der Waals surface area contributed by atoms with Crippen molar-refractivity contribution in [1.82, 2.24) is 9.55 Å². The molecule has 33 heavy (non-hydrogen) atoms. The molecule has 3 heterocycles. The molecule has 1 aliphatic heterocycles. The topological polar surface area (TPSA) is 85.6 Å². The van der Waals surface area contributed by atoms with Gasteiger partial charge in [0, 0.05) is 47.4 Å². The summed E-state index contributed by atoms with van der Waals surface area (Å²) in [6, 6.07) is 1.77. The number of anilines is 1. The van der Waals surface area contributed by atoms with Gasteiger partial charge in [-0.3, -0.25) is 9.78 Å². The zero-order valence-corrected chi connectivity index (χ0v) is 21.0. The molecule has 0 unspecified atom stereocenters. The number of aliphatic hydroxyl groups excluding tert-OH is 1. The average Bonchev–Trinajstić information content (AvgIpc) is 3.30. The molecule has 2 aromatic rings. The number of fused-ring (bicyclic) bond motifs is 1. The summed E-state index contributed by atoms with van der Waals surface area (Å²) in [7, 11) is 0. The average molecular weight is 456 g/mol. The molecule has 2 N–H and O–H groups in total. The van der Waals surface area contributed by atoms with Crippen molar-refractivity contribution in [3.63, 3.8) is 0 Å². The smallest absolute Gasteiger partial charge is 0.198 e. The van der Waals surface area contributed by atoms with E-state index in [4.69, 9.17) is 9.47 Å². The highest BCUT2D eigenvalue weighted by atomic mass is 16.8. The van der Waals surface area contributed by atoms with Crippen LogP contribution in [0.2, 0.25) is 0 Å². The Morgan fingerprint density at radius 2 is 1.91 bits per heavy atom. The number of aromatic nitrogens is 2. The van der Waals surface area contributed by atoms with Gasteiger partial charge in [-0.05, 0) is 73.4 Å². The molecule has 2 aromatic heterocycles. The Hall–Kier alpha value is -2.22. The molecule has 4 rings (SSSR count). The molecule has 1 aliphatic carbocycles. The summed E-state index contributed by atoms with van der Waals surface area (Å²) in [5.41, 5.74) is 4.65. The summed E-state index contributed by atoms with van der Waals surface area (Å²) >= 11 is 0. The fourth-order valence-corrected chi connectivity index (χ4v) is 5.34. The van der Waals surface area contributed by atoms with Crippen LogP contribution >= 0.6 is 0 Å². The maximum Gasteiger partial charge on any atom is 0.198 e. The van der Waals surface area contributed by atoms with Gasteiger partial charge < -0.3 is 24.5 Å². The fraction of sp³-hybridized carbons (Fsp3) is 0.615. The van der Waals surface area contributed by atoms with Gasteiger partial charge >= 0.3 is 0 Å². The number of aryl methyl sites for hydroxylation is 1. The number of hydrogen-bond acceptors (Lipinski definition) is 6. The van der Waals surface area contributed by atoms with Gasteiger partial charge in [0.15, 0.2) is 11.6 Å². The summed E-state index contributed by atoms with van der Waals surface area (Å²) in [6.07, 6.45) is 4.02. The third-order valence-electron chi connectivity index (χ3n) is 7.06. The van der Waals surface area contributed by atoms with Crippen molar-refractivity contribution in [3.8, 4) is 0 Å². The molecule has 2 fully saturated rings. The van der Waals surface area contributed by atoms with Crippen molar-refractivity contribution in [3.05, 3.63) is 46.5 Å². The first-order valence-electron chi connectivity index (χ1n) is 11.8. The van der Waals surface area contributed by atoms with E-state index in [0.29, 0.717) is 23.2 Å². The minimum Gasteiger partial charge on any atom is -0.396 e. The van der Waals surface area contributed by atoms with Crippen molar-refractivity contribution < 1.29 is 19.4 Å². The van der Waals surface area contributed by atoms with E-state index in [9.17, 15) is 9.90 Å². The number of nitrogens with one attached hydrogen (secondary N) is 1. The number of pyridine rings is 1. The number of hydrogen-bond donors (Lipinski definition) is 2. The molecular weight excluding hydrogens is 418 g/mol. The highest BCUT2D eigenvalue weighted by Gasteiger charge is 2.53. The first kappa shape index (κ1) is 23.9. The maximum atomic E-state index is 13.8. The van der Waals surface area contributed by atoms with Crippen LogP contribution in [0, 0.1) is 26.7 Å². The van der Waals surface area contributed by atoms with Crippen LogP contribution in [0.4, 0.5) is 5.69 Å². The van der Waals surface area contributed by atoms with Crippen molar-refractivity contribution >= 4 is 11.5 Å². The summed E-state index contributed by atoms with van der Waals surface area (Å²) in [5.74, 6) is -0.744. The third-order valence-corrected chi connectivity index (χ3v) is 7.06. The first-order chi connectivity index (χ1) is 15.3. The molecule has 0 spiro atoms. The Balaban J connectivity index is 1.69. The Morgan fingerprint density at radius 3 is 2.52 bits per heavy atom. The summed E-state index contributed by atoms with van der Waals surface area (Å²) < 4.78 is 14.4. The number of carbonyl (C=O) groups excluding carboxylic acids is 1. The molecular formula is C26H37N3O4. The van der Waals surface area contributed by atoms with Crippen molar-refractivity contribution in [2.24, 2.45) is 5.92 Å². The highest BCUT2D eigenvalue weighted by Crippen LogP contribution is 2.43. The van der Waals surface area contributed by atoms with E-state index in [1.165, 1.54) is 0 Å². The summed E-state index contributed by atoms with van der Waals surface area (Å²) in [5, 5.41) is 13.5. The third kappa shape index (κ3) is 4.22. The molecule has 1 saturated carbocycles. The van der Waals surface area contributed by atoms with Gasteiger partial charge in [0.1, 0.15) is 6.10 Å². The van der Waals surface area contributed by atoms with Crippen LogP contribution in [0.3, 0.4) is 0 Å². The zero-order valence-electron chi connectivity index (χ0n) is 21.0. The van der Waals surface area contributed by atoms with Crippen LogP contribution in [0.1, 0.15) is 73.9 Å². The number of ether oxygens (including phenoxy) is 2. The molecule has 180 valence electrons. The van der Waals surface area contributed by atoms with E-state index in [1.807, 2.05) is 40.0 Å². The lowest BCUT2D eigenvalue weighted by atomic mass is 9.99. The SMILES string of the molecule is Cc1nccc(N[C@@H]2C[C@H](CO)[C@H]3OC(C)(C)O[C@H]32)c1C(=O)c1cn(C(C)(C)C)c(C)c1C. The Morgan fingerprint density at radius 1 is 1.24 bits per heavy atom. The molecule has 7 nitrogen and oxygen atoms in total. The van der Waals surface area contributed by atoms with Gasteiger partial charge in [-0.1, -0.05) is 0 Å². The number of nitrogens with zero attached hydrogens (tertiary/aromatic N) is 2. The van der Waals surface area contributed by atoms with Gasteiger partial charge in [0.25, 0.3) is 0 Å². The van der Waals surface area contributed by atoms with Crippen LogP contribution in [0.25, 0.3) is 0 Å². The van der Waals surface area contributed by atoms with Crippen molar-refractivity contribution in [2.45, 2.75) is 91.4 Å². The van der Waals surface area contributed by atoms with E-state index in [-0.39, 0.29) is 42.1 Å². The van der Waals surface area contributed by atoms with Gasteiger partial charge in [-0.15, -0.1) is 0 Å². The summed E-state index contributed by atoms with van der Waals surface area (Å²) in [4.78, 5) is 18.3. The quantitative estimate of drug-likeness (QED) is 0.660. The maximum absolute atomic E-state index is 13.8. The van der Waals surface area contributed by atoms with Gasteiger partial charge in [0.05, 0.1) is 23.4 Å². The molecule has 4 atom stereocenters. The predicted molar refractivity (Wildman–Crippen MR) is 128 cm³/mol. The lowest BCUT2D eigenvalue weighted by Crippen LogP contribution is -2.35. The van der Waals surface area contributed by atoms with E-state index in [0.717, 1.165) is 16.9 Å². The zero-order chi connectivity index (χ0) is 24.3. The number of ketones is 1. The van der Waals surface area contributed by atoms with E-state index >= 15 is 0 Å². The number of aliphatic hydroxyl groups is 1. The normalized spacial score (nSPS) is 26.5. The lowest BCUT2D eigenvalue weighted by molar-refractivity contribution is -0.158. The standard InChI is InChI=1S/C26H37N3O4/c1-14-16(3)29(25(4,5)6)12-18(14)22(31)21-15(2)27-10-9-19(21)28-20-11-17(13-30)23-24(20)33-26(7,8)32-23/h9-10,12,17,20,23-24,30H,11,13H2,1-8H3,(H,27,28)/t17-,20-,23-,24+/m1/s1. The van der Waals surface area contributed by atoms with E-state index in [2.05, 4.69) is 42.6 Å². The van der Waals surface area contributed by atoms with Gasteiger partial charge in [0.2, 0.25) is 0 Å². The molecule has 1 saturated heterocycles. The predicted octanol–water partition coefficient (Wildman–Crippen LogP) is 4.11. The Labute approximate surface area is 196 Å². The molecule has 7 heteroatoms. The second-order valence-corrected chi connectivity index (χ2v) is 10.9. The van der Waals surface area contributed by atoms with Crippen molar-refractivity contribution in [1.29, 1.82) is 0 Å². The van der Waals surface area contributed by atoms with E-state index in [1.54, 1.807) is 6.20 Å². The van der Waals surface area contributed by atoms with Crippen LogP contribution in [0.5, 0.6) is 0 Å². The number of rotatable bonds is 5. The Kier molecular flexibility index (Phi) is 5.96. The van der Waals surface area contributed by atoms with Crippen LogP contribution in [-0.2, 0) is 15.0 Å². The number of carbonyl (C=O) groups is 1. The molecule has 2 aliphatic rings. The molecule has 0 aromatic carbocycles. The van der Waals surface area contributed by atoms with E-state index < -0.39 is 5.79 Å². The second-order valence-electron chi connectivity index (χ2n) is 10.9. The lowest BCUT2D eigenvalue weighted by Gasteiger charge is -2.25. The van der Waals surface area contributed by atoms with Gasteiger partial charge in [-0.25, -0.2) is 0 Å². The molecule has 0 radical (unpaired) electrons. The molecule has 0 amide bonds. The largest absolute Gasteiger partial charge is 0.396 e. The van der Waals surface area contributed by atoms with Crippen LogP contribution in [0.15, 0.2) is 18.5 Å². The second kappa shape index (κ2) is 8.22. The minimum atomic E-state index is -0.694. The van der Waals surface area contributed by atoms with Crippen LogP contribution in [-0.4, -0.2) is 51.1 Å². The Bertz CT molecular complexity index is 1070. The molecule has 0 bridgehead atoms. The monoisotopic (exact) mass is 455 g/mol. The fourth-order valence-electron chi connectivity index (χ4n) is 5.34.